The molecule has 1 rings (SSSR count). The van der Waals surface area contributed by atoms with Crippen LogP contribution in [0.2, 0.25) is 0 Å². The molecule has 0 heterocycles. The molecule has 1 N–H and O–H groups in total. The van der Waals surface area contributed by atoms with Gasteiger partial charge in [-0.1, -0.05) is 6.92 Å². The van der Waals surface area contributed by atoms with E-state index in [0.717, 1.165) is 30.8 Å². The van der Waals surface area contributed by atoms with Gasteiger partial charge in [0.25, 0.3) is 0 Å². The Bertz CT molecular complexity index is 344. The van der Waals surface area contributed by atoms with Crippen LogP contribution in [0.15, 0.2) is 24.3 Å². The van der Waals surface area contributed by atoms with Crippen LogP contribution in [-0.2, 0) is 0 Å². The van der Waals surface area contributed by atoms with Gasteiger partial charge in [0.2, 0.25) is 0 Å². The summed E-state index contributed by atoms with van der Waals surface area (Å²) in [4.78, 5) is 13.6. The molecular weight excluding hydrogens is 212 g/mol. The van der Waals surface area contributed by atoms with Gasteiger partial charge in [0.05, 0.1) is 0 Å². The quantitative estimate of drug-likeness (QED) is 0.581. The normalized spacial score (nSPS) is 10.6. The summed E-state index contributed by atoms with van der Waals surface area (Å²) in [5, 5.41) is 3.35. The van der Waals surface area contributed by atoms with Crippen molar-refractivity contribution in [1.29, 1.82) is 0 Å². The molecule has 17 heavy (non-hydrogen) atoms. The summed E-state index contributed by atoms with van der Waals surface area (Å²) in [7, 11) is 4.15. The zero-order valence-corrected chi connectivity index (χ0v) is 11.0. The molecule has 0 aliphatic carbocycles. The van der Waals surface area contributed by atoms with Crippen molar-refractivity contribution < 1.29 is 4.79 Å². The minimum absolute atomic E-state index is 0.198. The van der Waals surface area contributed by atoms with Crippen molar-refractivity contribution in [2.45, 2.75) is 19.8 Å². The summed E-state index contributed by atoms with van der Waals surface area (Å²) < 4.78 is 0. The number of nitrogens with zero attached hydrogens (tertiary/aromatic N) is 1. The predicted molar refractivity (Wildman–Crippen MR) is 72.7 cm³/mol. The fraction of sp³-hybridized carbons (Fsp3) is 0.500. The Morgan fingerprint density at radius 3 is 2.41 bits per heavy atom. The lowest BCUT2D eigenvalue weighted by molar-refractivity contribution is 0.0988. The first kappa shape index (κ1) is 13.7. The number of rotatable bonds is 7. The first-order valence-corrected chi connectivity index (χ1v) is 6.15. The Labute approximate surface area is 104 Å². The Hall–Kier alpha value is -1.35. The first-order valence-electron chi connectivity index (χ1n) is 6.15. The molecular formula is C14H22N2O. The Morgan fingerprint density at radius 1 is 1.24 bits per heavy atom. The molecule has 0 radical (unpaired) electrons. The molecule has 0 unspecified atom stereocenters. The van der Waals surface area contributed by atoms with E-state index in [9.17, 15) is 4.79 Å². The highest BCUT2D eigenvalue weighted by atomic mass is 16.1. The smallest absolute Gasteiger partial charge is 0.162 e. The van der Waals surface area contributed by atoms with E-state index in [1.54, 1.807) is 0 Å². The summed E-state index contributed by atoms with van der Waals surface area (Å²) in [6, 6.07) is 7.72. The second-order valence-electron chi connectivity index (χ2n) is 4.44. The summed E-state index contributed by atoms with van der Waals surface area (Å²) in [6.07, 6.45) is 1.68. The number of benzene rings is 1. The van der Waals surface area contributed by atoms with E-state index in [1.807, 2.05) is 31.2 Å². The van der Waals surface area contributed by atoms with Crippen molar-refractivity contribution in [1.82, 2.24) is 4.90 Å². The van der Waals surface area contributed by atoms with E-state index < -0.39 is 0 Å². The Morgan fingerprint density at radius 2 is 1.88 bits per heavy atom. The van der Waals surface area contributed by atoms with Gasteiger partial charge in [-0.3, -0.25) is 4.79 Å². The van der Waals surface area contributed by atoms with Gasteiger partial charge >= 0.3 is 0 Å². The van der Waals surface area contributed by atoms with Gasteiger partial charge in [-0.25, -0.2) is 0 Å². The number of Topliss-reactive ketones (excluding diaryl/α,β-unsaturated/α-hetero) is 1. The monoisotopic (exact) mass is 234 g/mol. The Kier molecular flexibility index (Phi) is 5.70. The number of anilines is 1. The van der Waals surface area contributed by atoms with Crippen LogP contribution in [0.25, 0.3) is 0 Å². The molecule has 0 atom stereocenters. The number of carbonyl (C=O) groups excluding carboxylic acids is 1. The van der Waals surface area contributed by atoms with Crippen molar-refractivity contribution in [3.8, 4) is 0 Å². The van der Waals surface area contributed by atoms with Gasteiger partial charge in [-0.2, -0.15) is 0 Å². The third-order valence-corrected chi connectivity index (χ3v) is 2.64. The average Bonchev–Trinajstić information content (AvgIpc) is 2.34. The Balaban J connectivity index is 2.38. The highest BCUT2D eigenvalue weighted by Gasteiger charge is 2.01. The van der Waals surface area contributed by atoms with Crippen LogP contribution in [0.1, 0.15) is 30.1 Å². The SMILES string of the molecule is CCC(=O)c1ccc(NCCCN(C)C)cc1. The van der Waals surface area contributed by atoms with Gasteiger partial charge in [0.15, 0.2) is 5.78 Å². The van der Waals surface area contributed by atoms with Crippen LogP contribution in [0, 0.1) is 0 Å². The van der Waals surface area contributed by atoms with Crippen molar-refractivity contribution >= 4 is 11.5 Å². The molecule has 3 heteroatoms. The number of carbonyl (C=O) groups is 1. The molecule has 94 valence electrons. The lowest BCUT2D eigenvalue weighted by Crippen LogP contribution is -2.16. The summed E-state index contributed by atoms with van der Waals surface area (Å²) >= 11 is 0. The molecule has 0 amide bonds. The van der Waals surface area contributed by atoms with Crippen molar-refractivity contribution in [3.05, 3.63) is 29.8 Å². The van der Waals surface area contributed by atoms with Gasteiger partial charge in [-0.15, -0.1) is 0 Å². The van der Waals surface area contributed by atoms with E-state index in [0.29, 0.717) is 6.42 Å². The van der Waals surface area contributed by atoms with Crippen LogP contribution >= 0.6 is 0 Å². The van der Waals surface area contributed by atoms with E-state index in [2.05, 4.69) is 24.3 Å². The molecule has 0 aliphatic heterocycles. The minimum Gasteiger partial charge on any atom is -0.385 e. The van der Waals surface area contributed by atoms with Gasteiger partial charge in [0.1, 0.15) is 0 Å². The molecule has 1 aromatic carbocycles. The average molecular weight is 234 g/mol. The van der Waals surface area contributed by atoms with E-state index in [4.69, 9.17) is 0 Å². The second kappa shape index (κ2) is 7.07. The van der Waals surface area contributed by atoms with Crippen LogP contribution in [0.4, 0.5) is 5.69 Å². The standard InChI is InChI=1S/C14H22N2O/c1-4-14(17)12-6-8-13(9-7-12)15-10-5-11-16(2)3/h6-9,15H,4-5,10-11H2,1-3H3. The van der Waals surface area contributed by atoms with Crippen LogP contribution in [0.3, 0.4) is 0 Å². The maximum absolute atomic E-state index is 11.4. The van der Waals surface area contributed by atoms with E-state index >= 15 is 0 Å². The number of hydrogen-bond donors (Lipinski definition) is 1. The largest absolute Gasteiger partial charge is 0.385 e. The first-order chi connectivity index (χ1) is 8.13. The maximum Gasteiger partial charge on any atom is 0.162 e. The molecule has 0 spiro atoms. The van der Waals surface area contributed by atoms with Crippen LogP contribution in [0.5, 0.6) is 0 Å². The van der Waals surface area contributed by atoms with Gasteiger partial charge in [-0.05, 0) is 51.3 Å². The lowest BCUT2D eigenvalue weighted by Gasteiger charge is -2.10. The predicted octanol–water partition coefficient (Wildman–Crippen LogP) is 2.64. The molecule has 1 aromatic rings. The highest BCUT2D eigenvalue weighted by Crippen LogP contribution is 2.11. The van der Waals surface area contributed by atoms with Gasteiger partial charge < -0.3 is 10.2 Å². The minimum atomic E-state index is 0.198. The van der Waals surface area contributed by atoms with Crippen LogP contribution in [-0.4, -0.2) is 37.9 Å². The second-order valence-corrected chi connectivity index (χ2v) is 4.44. The van der Waals surface area contributed by atoms with Crippen LogP contribution < -0.4 is 5.32 Å². The summed E-state index contributed by atoms with van der Waals surface area (Å²) in [5.74, 6) is 0.198. The number of ketones is 1. The fourth-order valence-electron chi connectivity index (χ4n) is 1.61. The van der Waals surface area contributed by atoms with E-state index in [1.165, 1.54) is 0 Å². The van der Waals surface area contributed by atoms with Gasteiger partial charge in [0, 0.05) is 24.2 Å². The van der Waals surface area contributed by atoms with Crippen molar-refractivity contribution in [3.63, 3.8) is 0 Å². The van der Waals surface area contributed by atoms with Crippen molar-refractivity contribution in [2.75, 3.05) is 32.5 Å². The zero-order valence-electron chi connectivity index (χ0n) is 11.0. The molecule has 0 saturated heterocycles. The third kappa shape index (κ3) is 5.00. The number of hydrogen-bond acceptors (Lipinski definition) is 3. The molecule has 3 nitrogen and oxygen atoms in total. The lowest BCUT2D eigenvalue weighted by atomic mass is 10.1. The topological polar surface area (TPSA) is 32.3 Å². The molecule has 0 aromatic heterocycles. The third-order valence-electron chi connectivity index (χ3n) is 2.64. The molecule has 0 bridgehead atoms. The number of nitrogens with one attached hydrogen (secondary N) is 1. The molecule has 0 saturated carbocycles. The summed E-state index contributed by atoms with van der Waals surface area (Å²) in [6.45, 7) is 3.92. The zero-order chi connectivity index (χ0) is 12.7. The van der Waals surface area contributed by atoms with E-state index in [-0.39, 0.29) is 5.78 Å². The molecule has 0 fully saturated rings. The molecule has 0 aliphatic rings. The fourth-order valence-corrected chi connectivity index (χ4v) is 1.61. The summed E-state index contributed by atoms with van der Waals surface area (Å²) in [5.41, 5.74) is 1.88. The highest BCUT2D eigenvalue weighted by molar-refractivity contribution is 5.96. The van der Waals surface area contributed by atoms with Crippen molar-refractivity contribution in [2.24, 2.45) is 0 Å². The maximum atomic E-state index is 11.4.